The molecule has 1 nitrogen and oxygen atoms in total. The fourth-order valence-electron chi connectivity index (χ4n) is 1.77. The molecule has 0 N–H and O–H groups in total. The zero-order valence-electron chi connectivity index (χ0n) is 10.2. The molecule has 98 valence electrons. The maximum Gasteiger partial charge on any atom is 0.263 e. The third-order valence-corrected chi connectivity index (χ3v) is 3.32. The van der Waals surface area contributed by atoms with Crippen molar-refractivity contribution in [1.82, 2.24) is 0 Å². The van der Waals surface area contributed by atoms with Crippen LogP contribution in [-0.2, 0) is 10.5 Å². The largest absolute Gasteiger partial charge is 0.277 e. The van der Waals surface area contributed by atoms with E-state index in [-0.39, 0.29) is 5.56 Å². The van der Waals surface area contributed by atoms with Crippen LogP contribution in [0.1, 0.15) is 12.5 Å². The molecule has 0 heterocycles. The molecule has 0 aliphatic heterocycles. The SMILES string of the molecule is CC(F)(C(=O)Cl)c1ccc(-c2ccccc2)c(F)c1. The van der Waals surface area contributed by atoms with Crippen molar-refractivity contribution in [3.05, 3.63) is 59.9 Å². The lowest BCUT2D eigenvalue weighted by Gasteiger charge is -2.16. The zero-order chi connectivity index (χ0) is 14.0. The van der Waals surface area contributed by atoms with Gasteiger partial charge in [-0.15, -0.1) is 0 Å². The minimum Gasteiger partial charge on any atom is -0.277 e. The zero-order valence-corrected chi connectivity index (χ0v) is 10.9. The van der Waals surface area contributed by atoms with E-state index in [0.29, 0.717) is 11.1 Å². The number of rotatable bonds is 3. The lowest BCUT2D eigenvalue weighted by Crippen LogP contribution is -2.23. The second-order valence-corrected chi connectivity index (χ2v) is 4.68. The number of carbonyl (C=O) groups excluding carboxylic acids is 1. The summed E-state index contributed by atoms with van der Waals surface area (Å²) in [5.74, 6) is -0.592. The molecule has 2 aromatic carbocycles. The van der Waals surface area contributed by atoms with Gasteiger partial charge in [0.1, 0.15) is 5.82 Å². The van der Waals surface area contributed by atoms with Gasteiger partial charge in [-0.25, -0.2) is 8.78 Å². The first-order valence-electron chi connectivity index (χ1n) is 5.67. The molecule has 0 fully saturated rings. The second kappa shape index (κ2) is 5.10. The summed E-state index contributed by atoms with van der Waals surface area (Å²) in [7, 11) is 0. The number of carbonyl (C=O) groups is 1. The van der Waals surface area contributed by atoms with Crippen molar-refractivity contribution in [1.29, 1.82) is 0 Å². The Bertz CT molecular complexity index is 609. The van der Waals surface area contributed by atoms with E-state index in [1.54, 1.807) is 24.3 Å². The van der Waals surface area contributed by atoms with Gasteiger partial charge in [0.2, 0.25) is 5.67 Å². The number of benzene rings is 2. The van der Waals surface area contributed by atoms with Crippen LogP contribution in [0.3, 0.4) is 0 Å². The summed E-state index contributed by atoms with van der Waals surface area (Å²) < 4.78 is 28.0. The lowest BCUT2D eigenvalue weighted by molar-refractivity contribution is -0.121. The van der Waals surface area contributed by atoms with Gasteiger partial charge in [0.05, 0.1) is 0 Å². The Hall–Kier alpha value is -1.74. The van der Waals surface area contributed by atoms with Crippen molar-refractivity contribution < 1.29 is 13.6 Å². The fraction of sp³-hybridized carbons (Fsp3) is 0.133. The van der Waals surface area contributed by atoms with Crippen LogP contribution in [-0.4, -0.2) is 5.24 Å². The Morgan fingerprint density at radius 2 is 1.79 bits per heavy atom. The van der Waals surface area contributed by atoms with Crippen LogP contribution >= 0.6 is 11.6 Å². The average molecular weight is 281 g/mol. The Morgan fingerprint density at radius 3 is 2.32 bits per heavy atom. The van der Waals surface area contributed by atoms with Crippen molar-refractivity contribution in [2.45, 2.75) is 12.6 Å². The fourth-order valence-corrected chi connectivity index (χ4v) is 1.88. The lowest BCUT2D eigenvalue weighted by atomic mass is 9.95. The minimum atomic E-state index is -2.39. The number of hydrogen-bond donors (Lipinski definition) is 0. The monoisotopic (exact) mass is 280 g/mol. The molecule has 0 saturated heterocycles. The third kappa shape index (κ3) is 2.66. The molecule has 19 heavy (non-hydrogen) atoms. The molecule has 4 heteroatoms. The summed E-state index contributed by atoms with van der Waals surface area (Å²) in [5.41, 5.74) is -1.45. The normalized spacial score (nSPS) is 13.9. The van der Waals surface area contributed by atoms with Gasteiger partial charge in [0.15, 0.2) is 0 Å². The Labute approximate surface area is 114 Å². The Morgan fingerprint density at radius 1 is 1.16 bits per heavy atom. The van der Waals surface area contributed by atoms with E-state index in [0.717, 1.165) is 13.0 Å². The predicted molar refractivity (Wildman–Crippen MR) is 71.2 cm³/mol. The van der Waals surface area contributed by atoms with E-state index in [9.17, 15) is 13.6 Å². The van der Waals surface area contributed by atoms with Crippen molar-refractivity contribution >= 4 is 16.8 Å². The Balaban J connectivity index is 2.47. The van der Waals surface area contributed by atoms with Gasteiger partial charge in [-0.2, -0.15) is 0 Å². The van der Waals surface area contributed by atoms with Gasteiger partial charge < -0.3 is 0 Å². The third-order valence-electron chi connectivity index (χ3n) is 2.97. The van der Waals surface area contributed by atoms with Crippen LogP contribution in [0.2, 0.25) is 0 Å². The minimum absolute atomic E-state index is 0.0929. The molecule has 1 atom stereocenters. The molecular formula is C15H11ClF2O. The van der Waals surface area contributed by atoms with Crippen LogP contribution in [0.25, 0.3) is 11.1 Å². The second-order valence-electron chi connectivity index (χ2n) is 4.34. The average Bonchev–Trinajstić information content (AvgIpc) is 2.39. The van der Waals surface area contributed by atoms with Gasteiger partial charge in [-0.3, -0.25) is 4.79 Å². The first-order valence-corrected chi connectivity index (χ1v) is 6.05. The van der Waals surface area contributed by atoms with E-state index in [2.05, 4.69) is 0 Å². The van der Waals surface area contributed by atoms with Crippen molar-refractivity contribution in [2.75, 3.05) is 0 Å². The molecule has 0 aliphatic rings. The van der Waals surface area contributed by atoms with E-state index < -0.39 is 16.7 Å². The van der Waals surface area contributed by atoms with Crippen molar-refractivity contribution in [3.8, 4) is 11.1 Å². The van der Waals surface area contributed by atoms with Crippen molar-refractivity contribution in [3.63, 3.8) is 0 Å². The molecule has 0 radical (unpaired) electrons. The summed E-state index contributed by atoms with van der Waals surface area (Å²) >= 11 is 5.18. The molecule has 0 bridgehead atoms. The van der Waals surface area contributed by atoms with E-state index in [1.165, 1.54) is 12.1 Å². The maximum absolute atomic E-state index is 14.0. The molecule has 0 amide bonds. The molecule has 0 saturated carbocycles. The molecule has 0 spiro atoms. The molecule has 0 aliphatic carbocycles. The van der Waals surface area contributed by atoms with Gasteiger partial charge in [0, 0.05) is 11.1 Å². The van der Waals surface area contributed by atoms with E-state index in [1.807, 2.05) is 6.07 Å². The number of halogens is 3. The summed E-state index contributed by atoms with van der Waals surface area (Å²) in [6.45, 7) is 1.01. The highest BCUT2D eigenvalue weighted by Gasteiger charge is 2.34. The molecule has 2 aromatic rings. The van der Waals surface area contributed by atoms with Crippen LogP contribution in [0.4, 0.5) is 8.78 Å². The topological polar surface area (TPSA) is 17.1 Å². The highest BCUT2D eigenvalue weighted by atomic mass is 35.5. The standard InChI is InChI=1S/C15H11ClF2O/c1-15(18,14(16)19)11-7-8-12(13(17)9-11)10-5-3-2-4-6-10/h2-9H,1H3. The van der Waals surface area contributed by atoms with E-state index >= 15 is 0 Å². The van der Waals surface area contributed by atoms with Crippen LogP contribution < -0.4 is 0 Å². The van der Waals surface area contributed by atoms with Crippen LogP contribution in [0.15, 0.2) is 48.5 Å². The van der Waals surface area contributed by atoms with Gasteiger partial charge in [0.25, 0.3) is 5.24 Å². The molecule has 0 aromatic heterocycles. The van der Waals surface area contributed by atoms with Crippen LogP contribution in [0.5, 0.6) is 0 Å². The predicted octanol–water partition coefficient (Wildman–Crippen LogP) is 4.44. The summed E-state index contributed by atoms with van der Waals surface area (Å²) in [6, 6.07) is 12.7. The smallest absolute Gasteiger partial charge is 0.263 e. The maximum atomic E-state index is 14.0. The van der Waals surface area contributed by atoms with Crippen molar-refractivity contribution in [2.24, 2.45) is 0 Å². The van der Waals surface area contributed by atoms with E-state index in [4.69, 9.17) is 11.6 Å². The molecular weight excluding hydrogens is 270 g/mol. The summed E-state index contributed by atoms with van der Waals surface area (Å²) in [4.78, 5) is 11.0. The van der Waals surface area contributed by atoms with Gasteiger partial charge >= 0.3 is 0 Å². The highest BCUT2D eigenvalue weighted by molar-refractivity contribution is 6.65. The van der Waals surface area contributed by atoms with Gasteiger partial charge in [-0.1, -0.05) is 42.5 Å². The highest BCUT2D eigenvalue weighted by Crippen LogP contribution is 2.32. The molecule has 2 rings (SSSR count). The molecule has 1 unspecified atom stereocenters. The first kappa shape index (κ1) is 13.7. The number of hydrogen-bond acceptors (Lipinski definition) is 1. The first-order chi connectivity index (χ1) is 8.93. The number of alkyl halides is 1. The summed E-state index contributed by atoms with van der Waals surface area (Å²) in [6.07, 6.45) is 0. The Kier molecular flexibility index (Phi) is 3.67. The van der Waals surface area contributed by atoms with Crippen LogP contribution in [0, 0.1) is 5.82 Å². The quantitative estimate of drug-likeness (QED) is 0.760. The van der Waals surface area contributed by atoms with Gasteiger partial charge in [-0.05, 0) is 30.2 Å². The summed E-state index contributed by atoms with van der Waals surface area (Å²) in [5, 5.41) is -1.17.